The van der Waals surface area contributed by atoms with E-state index in [1.165, 1.54) is 13.2 Å². The van der Waals surface area contributed by atoms with Crippen LogP contribution in [0, 0.1) is 12.7 Å². The largest absolute Gasteiger partial charge is 0.494 e. The zero-order valence-corrected chi connectivity index (χ0v) is 12.8. The molecule has 1 heterocycles. The Balaban J connectivity index is 2.49. The van der Waals surface area contributed by atoms with Crippen molar-refractivity contribution in [3.63, 3.8) is 0 Å². The maximum atomic E-state index is 13.9. The second kappa shape index (κ2) is 6.63. The van der Waals surface area contributed by atoms with Crippen molar-refractivity contribution in [1.29, 1.82) is 0 Å². The van der Waals surface area contributed by atoms with Crippen LogP contribution in [0.15, 0.2) is 24.3 Å². The molecular formula is C16H20FN3O. The van der Waals surface area contributed by atoms with E-state index in [0.29, 0.717) is 0 Å². The molecule has 112 valence electrons. The Labute approximate surface area is 124 Å². The molecule has 0 radical (unpaired) electrons. The normalized spacial score (nSPS) is 12.2. The lowest BCUT2D eigenvalue weighted by atomic mass is 9.96. The van der Waals surface area contributed by atoms with E-state index < -0.39 is 0 Å². The van der Waals surface area contributed by atoms with Gasteiger partial charge in [-0.3, -0.25) is 0 Å². The number of nitrogens with zero attached hydrogens (tertiary/aromatic N) is 2. The quantitative estimate of drug-likeness (QED) is 0.919. The molecule has 1 atom stereocenters. The Morgan fingerprint density at radius 3 is 2.62 bits per heavy atom. The first-order chi connectivity index (χ1) is 10.1. The van der Waals surface area contributed by atoms with Crippen LogP contribution in [0.4, 0.5) is 4.39 Å². The van der Waals surface area contributed by atoms with Crippen LogP contribution >= 0.6 is 0 Å². The molecule has 0 saturated carbocycles. The summed E-state index contributed by atoms with van der Waals surface area (Å²) in [4.78, 5) is 0. The molecule has 21 heavy (non-hydrogen) atoms. The van der Waals surface area contributed by atoms with E-state index in [9.17, 15) is 4.39 Å². The van der Waals surface area contributed by atoms with Crippen molar-refractivity contribution in [2.24, 2.45) is 0 Å². The van der Waals surface area contributed by atoms with E-state index >= 15 is 0 Å². The minimum atomic E-state index is -0.368. The molecule has 2 rings (SSSR count). The Bertz CT molecular complexity index is 631. The first-order valence-electron chi connectivity index (χ1n) is 6.94. The first kappa shape index (κ1) is 15.4. The molecule has 0 saturated heterocycles. The lowest BCUT2D eigenvalue weighted by molar-refractivity contribution is 0.386. The van der Waals surface area contributed by atoms with Gasteiger partial charge in [0.1, 0.15) is 0 Å². The van der Waals surface area contributed by atoms with Gasteiger partial charge in [0.25, 0.3) is 0 Å². The zero-order chi connectivity index (χ0) is 15.4. The first-order valence-corrected chi connectivity index (χ1v) is 6.94. The van der Waals surface area contributed by atoms with Crippen LogP contribution in [0.2, 0.25) is 0 Å². The van der Waals surface area contributed by atoms with Crippen molar-refractivity contribution in [3.05, 3.63) is 52.6 Å². The van der Waals surface area contributed by atoms with Gasteiger partial charge in [0, 0.05) is 0 Å². The Kier molecular flexibility index (Phi) is 4.85. The number of nitrogens with one attached hydrogen (secondary N) is 1. The summed E-state index contributed by atoms with van der Waals surface area (Å²) >= 11 is 0. The van der Waals surface area contributed by atoms with Crippen LogP contribution in [0.5, 0.6) is 5.75 Å². The van der Waals surface area contributed by atoms with Crippen LogP contribution < -0.4 is 10.1 Å². The highest BCUT2D eigenvalue weighted by molar-refractivity contribution is 5.38. The summed E-state index contributed by atoms with van der Waals surface area (Å²) in [6, 6.07) is 6.86. The maximum Gasteiger partial charge on any atom is 0.165 e. The summed E-state index contributed by atoms with van der Waals surface area (Å²) in [6.45, 7) is 3.93. The standard InChI is InChI=1S/C16H20FN3O/c1-5-14-12(8-10(2)19-20-14)16(18-3)11-6-7-15(21-4)13(17)9-11/h6-9,16,18H,5H2,1-4H3. The van der Waals surface area contributed by atoms with Crippen LogP contribution in [-0.4, -0.2) is 24.4 Å². The van der Waals surface area contributed by atoms with Gasteiger partial charge < -0.3 is 10.1 Å². The number of hydrogen-bond donors (Lipinski definition) is 1. The van der Waals surface area contributed by atoms with Crippen LogP contribution in [0.3, 0.4) is 0 Å². The van der Waals surface area contributed by atoms with Crippen LogP contribution in [0.25, 0.3) is 0 Å². The van der Waals surface area contributed by atoms with Crippen molar-refractivity contribution in [3.8, 4) is 5.75 Å². The van der Waals surface area contributed by atoms with E-state index in [-0.39, 0.29) is 17.6 Å². The lowest BCUT2D eigenvalue weighted by Crippen LogP contribution is -2.20. The van der Waals surface area contributed by atoms with E-state index in [0.717, 1.165) is 28.9 Å². The smallest absolute Gasteiger partial charge is 0.165 e. The third-order valence-corrected chi connectivity index (χ3v) is 3.47. The third-order valence-electron chi connectivity index (χ3n) is 3.47. The highest BCUT2D eigenvalue weighted by atomic mass is 19.1. The summed E-state index contributed by atoms with van der Waals surface area (Å²) in [5.41, 5.74) is 3.61. The fourth-order valence-electron chi connectivity index (χ4n) is 2.42. The number of benzene rings is 1. The van der Waals surface area contributed by atoms with Gasteiger partial charge in [-0.05, 0) is 49.7 Å². The van der Waals surface area contributed by atoms with Gasteiger partial charge >= 0.3 is 0 Å². The Hall–Kier alpha value is -2.01. The molecule has 0 aliphatic carbocycles. The Morgan fingerprint density at radius 2 is 2.05 bits per heavy atom. The molecule has 1 aromatic heterocycles. The highest BCUT2D eigenvalue weighted by Crippen LogP contribution is 2.28. The number of rotatable bonds is 5. The summed E-state index contributed by atoms with van der Waals surface area (Å²) < 4.78 is 18.9. The molecule has 0 spiro atoms. The highest BCUT2D eigenvalue weighted by Gasteiger charge is 2.18. The lowest BCUT2D eigenvalue weighted by Gasteiger charge is -2.20. The molecule has 0 aliphatic rings. The second-order valence-corrected chi connectivity index (χ2v) is 4.86. The number of aromatic nitrogens is 2. The minimum Gasteiger partial charge on any atom is -0.494 e. The molecule has 4 nitrogen and oxygen atoms in total. The summed E-state index contributed by atoms with van der Waals surface area (Å²) in [5, 5.41) is 11.6. The molecule has 1 aromatic carbocycles. The van der Waals surface area contributed by atoms with Crippen molar-refractivity contribution in [2.75, 3.05) is 14.2 Å². The van der Waals surface area contributed by atoms with Gasteiger partial charge in [-0.2, -0.15) is 10.2 Å². The topological polar surface area (TPSA) is 47.0 Å². The molecule has 1 N–H and O–H groups in total. The molecule has 0 amide bonds. The molecule has 0 bridgehead atoms. The van der Waals surface area contributed by atoms with Gasteiger partial charge in [-0.25, -0.2) is 4.39 Å². The van der Waals surface area contributed by atoms with Crippen molar-refractivity contribution in [2.45, 2.75) is 26.3 Å². The number of aryl methyl sites for hydroxylation is 2. The monoisotopic (exact) mass is 289 g/mol. The third kappa shape index (κ3) is 3.19. The average molecular weight is 289 g/mol. The van der Waals surface area contributed by atoms with E-state index in [2.05, 4.69) is 15.5 Å². The van der Waals surface area contributed by atoms with Gasteiger partial charge in [-0.15, -0.1) is 0 Å². The maximum absolute atomic E-state index is 13.9. The molecule has 2 aromatic rings. The number of halogens is 1. The van der Waals surface area contributed by atoms with Crippen LogP contribution in [-0.2, 0) is 6.42 Å². The number of hydrogen-bond acceptors (Lipinski definition) is 4. The number of methoxy groups -OCH3 is 1. The van der Waals surface area contributed by atoms with Crippen molar-refractivity contribution >= 4 is 0 Å². The summed E-state index contributed by atoms with van der Waals surface area (Å²) in [5.74, 6) is -0.125. The summed E-state index contributed by atoms with van der Waals surface area (Å²) in [7, 11) is 3.31. The predicted molar refractivity (Wildman–Crippen MR) is 80.0 cm³/mol. The second-order valence-electron chi connectivity index (χ2n) is 4.86. The van der Waals surface area contributed by atoms with Gasteiger partial charge in [-0.1, -0.05) is 13.0 Å². The fraction of sp³-hybridized carbons (Fsp3) is 0.375. The van der Waals surface area contributed by atoms with Crippen molar-refractivity contribution in [1.82, 2.24) is 15.5 Å². The predicted octanol–water partition coefficient (Wildman–Crippen LogP) is 2.80. The minimum absolute atomic E-state index is 0.130. The SMILES string of the molecule is CCc1nnc(C)cc1C(NC)c1ccc(OC)c(F)c1. The van der Waals surface area contributed by atoms with Crippen molar-refractivity contribution < 1.29 is 9.13 Å². The van der Waals surface area contributed by atoms with E-state index in [1.807, 2.05) is 33.0 Å². The van der Waals surface area contributed by atoms with Gasteiger partial charge in [0.15, 0.2) is 11.6 Å². The van der Waals surface area contributed by atoms with Gasteiger partial charge in [0.2, 0.25) is 0 Å². The van der Waals surface area contributed by atoms with E-state index in [4.69, 9.17) is 4.74 Å². The summed E-state index contributed by atoms with van der Waals surface area (Å²) in [6.07, 6.45) is 0.777. The molecule has 5 heteroatoms. The molecular weight excluding hydrogens is 269 g/mol. The van der Waals surface area contributed by atoms with Gasteiger partial charge in [0.05, 0.1) is 24.5 Å². The zero-order valence-electron chi connectivity index (χ0n) is 12.8. The van der Waals surface area contributed by atoms with E-state index in [1.54, 1.807) is 6.07 Å². The van der Waals surface area contributed by atoms with Crippen LogP contribution in [0.1, 0.15) is 35.5 Å². The molecule has 0 fully saturated rings. The average Bonchev–Trinajstić information content (AvgIpc) is 2.48. The molecule has 1 unspecified atom stereocenters. The fourth-order valence-corrected chi connectivity index (χ4v) is 2.42. The molecule has 0 aliphatic heterocycles. The number of ether oxygens (including phenoxy) is 1. The Morgan fingerprint density at radius 1 is 1.29 bits per heavy atom.